The van der Waals surface area contributed by atoms with Crippen molar-refractivity contribution >= 4 is 8.07 Å². The molecule has 82 valence electrons. The number of hydrogen-bond donors (Lipinski definition) is 1. The van der Waals surface area contributed by atoms with Crippen molar-refractivity contribution in [3.63, 3.8) is 0 Å². The van der Waals surface area contributed by atoms with Gasteiger partial charge in [0.15, 0.2) is 0 Å². The Bertz CT molecular complexity index is 193. The van der Waals surface area contributed by atoms with Crippen LogP contribution in [0.3, 0.4) is 0 Å². The summed E-state index contributed by atoms with van der Waals surface area (Å²) < 4.78 is 0. The first-order valence-corrected chi connectivity index (χ1v) is 9.42. The van der Waals surface area contributed by atoms with E-state index in [-0.39, 0.29) is 6.10 Å². The molecule has 0 spiro atoms. The SMILES string of the molecule is C[Si](C)(C)/C=C/C[C@H]1CCCC[C@@H]1O. The fourth-order valence-corrected chi connectivity index (χ4v) is 2.90. The summed E-state index contributed by atoms with van der Waals surface area (Å²) >= 11 is 0. The molecule has 1 nitrogen and oxygen atoms in total. The van der Waals surface area contributed by atoms with Gasteiger partial charge in [0.05, 0.1) is 14.2 Å². The van der Waals surface area contributed by atoms with Crippen molar-refractivity contribution in [2.24, 2.45) is 5.92 Å². The molecule has 1 fully saturated rings. The molecule has 1 N–H and O–H groups in total. The van der Waals surface area contributed by atoms with Gasteiger partial charge >= 0.3 is 0 Å². The van der Waals surface area contributed by atoms with Crippen molar-refractivity contribution in [2.45, 2.75) is 57.8 Å². The smallest absolute Gasteiger partial charge is 0.0682 e. The van der Waals surface area contributed by atoms with Gasteiger partial charge in [0.25, 0.3) is 0 Å². The fraction of sp³-hybridized carbons (Fsp3) is 0.833. The van der Waals surface area contributed by atoms with Gasteiger partial charge in [-0.3, -0.25) is 0 Å². The van der Waals surface area contributed by atoms with Gasteiger partial charge in [-0.25, -0.2) is 0 Å². The Kier molecular flexibility index (Phi) is 4.39. The van der Waals surface area contributed by atoms with Gasteiger partial charge in [-0.2, -0.15) is 0 Å². The predicted molar refractivity (Wildman–Crippen MR) is 65.1 cm³/mol. The van der Waals surface area contributed by atoms with Crippen LogP contribution in [-0.2, 0) is 0 Å². The highest BCUT2D eigenvalue weighted by Gasteiger charge is 2.21. The lowest BCUT2D eigenvalue weighted by Crippen LogP contribution is -2.24. The molecule has 1 saturated carbocycles. The highest BCUT2D eigenvalue weighted by atomic mass is 28.3. The topological polar surface area (TPSA) is 20.2 Å². The van der Waals surface area contributed by atoms with Gasteiger partial charge < -0.3 is 5.11 Å². The Hall–Kier alpha value is -0.0831. The molecule has 1 aliphatic carbocycles. The molecule has 1 aliphatic rings. The van der Waals surface area contributed by atoms with E-state index < -0.39 is 8.07 Å². The fourth-order valence-electron chi connectivity index (χ4n) is 2.06. The van der Waals surface area contributed by atoms with Crippen molar-refractivity contribution in [3.8, 4) is 0 Å². The summed E-state index contributed by atoms with van der Waals surface area (Å²) in [4.78, 5) is 0. The Labute approximate surface area is 89.2 Å². The lowest BCUT2D eigenvalue weighted by Gasteiger charge is -2.26. The predicted octanol–water partition coefficient (Wildman–Crippen LogP) is 3.36. The summed E-state index contributed by atoms with van der Waals surface area (Å²) in [6.45, 7) is 7.04. The lowest BCUT2D eigenvalue weighted by molar-refractivity contribution is 0.0714. The summed E-state index contributed by atoms with van der Waals surface area (Å²) in [7, 11) is -1.03. The highest BCUT2D eigenvalue weighted by Crippen LogP contribution is 2.27. The van der Waals surface area contributed by atoms with E-state index in [1.807, 2.05) is 0 Å². The van der Waals surface area contributed by atoms with Crippen molar-refractivity contribution in [2.75, 3.05) is 0 Å². The van der Waals surface area contributed by atoms with Crippen LogP contribution in [0.25, 0.3) is 0 Å². The molecule has 0 aromatic rings. The van der Waals surface area contributed by atoms with Gasteiger partial charge in [-0.15, -0.1) is 0 Å². The molecule has 0 aromatic carbocycles. The van der Waals surface area contributed by atoms with Crippen LogP contribution in [-0.4, -0.2) is 19.3 Å². The summed E-state index contributed by atoms with van der Waals surface area (Å²) in [5.74, 6) is 0.538. The van der Waals surface area contributed by atoms with Gasteiger partial charge in [0, 0.05) is 0 Å². The summed E-state index contributed by atoms with van der Waals surface area (Å²) in [5, 5.41) is 9.78. The number of aliphatic hydroxyl groups excluding tert-OH is 1. The number of rotatable bonds is 3. The quantitative estimate of drug-likeness (QED) is 0.711. The van der Waals surface area contributed by atoms with Crippen molar-refractivity contribution in [1.29, 1.82) is 0 Å². The third kappa shape index (κ3) is 4.42. The number of aliphatic hydroxyl groups is 1. The minimum atomic E-state index is -1.03. The molecule has 0 amide bonds. The van der Waals surface area contributed by atoms with E-state index in [4.69, 9.17) is 0 Å². The molecule has 0 bridgehead atoms. The molecule has 0 aliphatic heterocycles. The van der Waals surface area contributed by atoms with Crippen LogP contribution in [0.5, 0.6) is 0 Å². The van der Waals surface area contributed by atoms with E-state index in [1.54, 1.807) is 0 Å². The molecule has 0 saturated heterocycles. The maximum Gasteiger partial charge on any atom is 0.0682 e. The first-order chi connectivity index (χ1) is 6.49. The molecule has 14 heavy (non-hydrogen) atoms. The van der Waals surface area contributed by atoms with E-state index >= 15 is 0 Å². The standard InChI is InChI=1S/C12H24OSi/c1-14(2,3)10-6-8-11-7-4-5-9-12(11)13/h6,10-13H,4-5,7-9H2,1-3H3/b10-6+/t11-,12+/m1/s1. The first-order valence-electron chi connectivity index (χ1n) is 5.85. The largest absolute Gasteiger partial charge is 0.393 e. The first kappa shape index (κ1) is 12.0. The zero-order chi connectivity index (χ0) is 10.6. The van der Waals surface area contributed by atoms with Crippen molar-refractivity contribution < 1.29 is 5.11 Å². The molecule has 0 radical (unpaired) electrons. The third-order valence-electron chi connectivity index (χ3n) is 2.93. The van der Waals surface area contributed by atoms with Crippen LogP contribution in [0.2, 0.25) is 19.6 Å². The van der Waals surface area contributed by atoms with E-state index in [0.717, 1.165) is 12.8 Å². The second-order valence-electron chi connectivity index (χ2n) is 5.62. The minimum Gasteiger partial charge on any atom is -0.393 e. The van der Waals surface area contributed by atoms with E-state index in [2.05, 4.69) is 31.4 Å². The average molecular weight is 212 g/mol. The number of hydrogen-bond acceptors (Lipinski definition) is 1. The zero-order valence-electron chi connectivity index (χ0n) is 9.79. The van der Waals surface area contributed by atoms with Crippen LogP contribution in [0.1, 0.15) is 32.1 Å². The normalized spacial score (nSPS) is 29.7. The molecule has 0 aromatic heterocycles. The molecule has 0 unspecified atom stereocenters. The Morgan fingerprint density at radius 1 is 1.21 bits per heavy atom. The van der Waals surface area contributed by atoms with Crippen molar-refractivity contribution in [1.82, 2.24) is 0 Å². The second kappa shape index (κ2) is 5.13. The minimum absolute atomic E-state index is 0.0324. The maximum absolute atomic E-state index is 9.78. The Balaban J connectivity index is 2.33. The molecule has 2 atom stereocenters. The van der Waals surface area contributed by atoms with Crippen molar-refractivity contribution in [3.05, 3.63) is 11.8 Å². The van der Waals surface area contributed by atoms with Crippen LogP contribution < -0.4 is 0 Å². The summed E-state index contributed by atoms with van der Waals surface area (Å²) in [6, 6.07) is 0. The van der Waals surface area contributed by atoms with E-state index in [9.17, 15) is 5.11 Å². The second-order valence-corrected chi connectivity index (χ2v) is 10.7. The van der Waals surface area contributed by atoms with E-state index in [1.165, 1.54) is 19.3 Å². The molecule has 1 rings (SSSR count). The monoisotopic (exact) mass is 212 g/mol. The van der Waals surface area contributed by atoms with Gasteiger partial charge in [-0.05, 0) is 25.2 Å². The Morgan fingerprint density at radius 3 is 2.43 bits per heavy atom. The number of allylic oxidation sites excluding steroid dienone is 1. The van der Waals surface area contributed by atoms with Gasteiger partial charge in [0.1, 0.15) is 0 Å². The molecular formula is C12H24OSi. The molecule has 2 heteroatoms. The van der Waals surface area contributed by atoms with E-state index in [0.29, 0.717) is 5.92 Å². The Morgan fingerprint density at radius 2 is 1.86 bits per heavy atom. The molecular weight excluding hydrogens is 188 g/mol. The zero-order valence-corrected chi connectivity index (χ0v) is 10.8. The van der Waals surface area contributed by atoms with Crippen LogP contribution in [0, 0.1) is 5.92 Å². The molecule has 0 heterocycles. The van der Waals surface area contributed by atoms with Crippen LogP contribution >= 0.6 is 0 Å². The summed E-state index contributed by atoms with van der Waals surface area (Å²) in [6.07, 6.45) is 8.13. The lowest BCUT2D eigenvalue weighted by atomic mass is 9.84. The average Bonchev–Trinajstić information content (AvgIpc) is 2.06. The van der Waals surface area contributed by atoms with Crippen LogP contribution in [0.4, 0.5) is 0 Å². The van der Waals surface area contributed by atoms with Crippen LogP contribution in [0.15, 0.2) is 11.8 Å². The van der Waals surface area contributed by atoms with Gasteiger partial charge in [0.2, 0.25) is 0 Å². The maximum atomic E-state index is 9.78. The third-order valence-corrected chi connectivity index (χ3v) is 4.16. The summed E-state index contributed by atoms with van der Waals surface area (Å²) in [5.41, 5.74) is 2.40. The van der Waals surface area contributed by atoms with Gasteiger partial charge in [-0.1, -0.05) is 44.3 Å². The highest BCUT2D eigenvalue weighted by molar-refractivity contribution is 6.80.